The number of ether oxygens (including phenoxy) is 4. The summed E-state index contributed by atoms with van der Waals surface area (Å²) in [4.78, 5) is 85.0. The Balaban J connectivity index is 0.000000191. The Labute approximate surface area is 394 Å². The largest absolute Gasteiger partial charge is 0.505 e. The number of amides is 2. The van der Waals surface area contributed by atoms with Crippen LogP contribution in [-0.4, -0.2) is 73.3 Å². The fourth-order valence-corrected chi connectivity index (χ4v) is 7.62. The SMILES string of the molecule is CCNC(=O)C1=Cn2c(=O)c(C(=O)NC)c(O)c3ncc(Cc4ccc(F)cc4)c(c32)O1.CCOC(=O)c1c(OCc2ccccc2)c2ncc(Cc3ccc(F)cc3)c3c2n(c1=O)C=C(C(=O)O)O3. The summed E-state index contributed by atoms with van der Waals surface area (Å²) in [5, 5.41) is 25.2. The molecule has 356 valence electrons. The summed E-state index contributed by atoms with van der Waals surface area (Å²) in [7, 11) is 1.32. The number of nitrogens with zero attached hydrogens (tertiary/aromatic N) is 4. The van der Waals surface area contributed by atoms with Crippen LogP contribution in [0.25, 0.3) is 34.5 Å². The Bertz CT molecular complexity index is 3450. The van der Waals surface area contributed by atoms with Crippen LogP contribution in [0, 0.1) is 11.6 Å². The molecule has 0 aliphatic carbocycles. The molecule has 2 aliphatic heterocycles. The first-order chi connectivity index (χ1) is 33.7. The molecule has 4 N–H and O–H groups in total. The molecule has 2 aliphatic rings. The zero-order valence-electron chi connectivity index (χ0n) is 37.4. The van der Waals surface area contributed by atoms with Crippen LogP contribution in [0.1, 0.15) is 62.4 Å². The molecule has 0 fully saturated rings. The van der Waals surface area contributed by atoms with Crippen LogP contribution in [0.3, 0.4) is 0 Å². The van der Waals surface area contributed by atoms with Gasteiger partial charge in [0.25, 0.3) is 22.9 Å². The van der Waals surface area contributed by atoms with Gasteiger partial charge in [0.1, 0.15) is 45.9 Å². The van der Waals surface area contributed by atoms with Gasteiger partial charge < -0.3 is 39.8 Å². The first-order valence-electron chi connectivity index (χ1n) is 21.5. The lowest BCUT2D eigenvalue weighted by Crippen LogP contribution is -2.34. The number of carbonyl (C=O) groups excluding carboxylic acids is 3. The van der Waals surface area contributed by atoms with E-state index in [9.17, 15) is 47.8 Å². The van der Waals surface area contributed by atoms with E-state index in [1.54, 1.807) is 38.1 Å². The highest BCUT2D eigenvalue weighted by Gasteiger charge is 2.33. The van der Waals surface area contributed by atoms with Gasteiger partial charge in [-0.25, -0.2) is 18.4 Å². The molecule has 0 saturated carbocycles. The molecule has 0 unspecified atom stereocenters. The summed E-state index contributed by atoms with van der Waals surface area (Å²) in [6.45, 7) is 3.68. The number of carbonyl (C=O) groups is 4. The van der Waals surface area contributed by atoms with Gasteiger partial charge in [0.05, 0.1) is 19.0 Å². The van der Waals surface area contributed by atoms with Gasteiger partial charge in [0.15, 0.2) is 28.6 Å². The van der Waals surface area contributed by atoms with E-state index in [1.165, 1.54) is 43.7 Å². The zero-order valence-corrected chi connectivity index (χ0v) is 37.4. The van der Waals surface area contributed by atoms with Crippen molar-refractivity contribution in [3.63, 3.8) is 0 Å². The second-order valence-corrected chi connectivity index (χ2v) is 15.4. The maximum Gasteiger partial charge on any atom is 0.373 e. The average molecular weight is 955 g/mol. The zero-order chi connectivity index (χ0) is 49.8. The number of aromatic hydroxyl groups is 1. The second kappa shape index (κ2) is 20.0. The van der Waals surface area contributed by atoms with Crippen LogP contribution in [0.4, 0.5) is 8.78 Å². The number of likely N-dealkylation sites (N-methyl/N-ethyl adjacent to an activating group) is 1. The monoisotopic (exact) mass is 954 g/mol. The van der Waals surface area contributed by atoms with E-state index in [0.717, 1.165) is 32.7 Å². The van der Waals surface area contributed by atoms with Crippen molar-refractivity contribution in [1.29, 1.82) is 0 Å². The van der Waals surface area contributed by atoms with Gasteiger partial charge in [-0.15, -0.1) is 0 Å². The fourth-order valence-electron chi connectivity index (χ4n) is 7.62. The van der Waals surface area contributed by atoms with E-state index < -0.39 is 63.3 Å². The van der Waals surface area contributed by atoms with Crippen LogP contribution < -0.4 is 36.0 Å². The van der Waals surface area contributed by atoms with Crippen molar-refractivity contribution in [1.82, 2.24) is 29.7 Å². The van der Waals surface area contributed by atoms with Gasteiger partial charge in [0.2, 0.25) is 11.5 Å². The molecule has 7 aromatic rings. The number of carboxylic acids is 1. The lowest BCUT2D eigenvalue weighted by atomic mass is 10.0. The predicted molar refractivity (Wildman–Crippen MR) is 248 cm³/mol. The minimum atomic E-state index is -1.41. The second-order valence-electron chi connectivity index (χ2n) is 15.4. The van der Waals surface area contributed by atoms with Crippen molar-refractivity contribution >= 4 is 58.2 Å². The minimum Gasteiger partial charge on any atom is -0.505 e. The van der Waals surface area contributed by atoms with Crippen LogP contribution in [0.2, 0.25) is 0 Å². The van der Waals surface area contributed by atoms with Gasteiger partial charge in [-0.05, 0) is 54.8 Å². The van der Waals surface area contributed by atoms with Crippen molar-refractivity contribution in [2.45, 2.75) is 33.3 Å². The number of rotatable bonds is 13. The van der Waals surface area contributed by atoms with Gasteiger partial charge in [0, 0.05) is 50.0 Å². The quantitative estimate of drug-likeness (QED) is 0.102. The van der Waals surface area contributed by atoms with Crippen molar-refractivity contribution in [2.75, 3.05) is 20.2 Å². The van der Waals surface area contributed by atoms with Crippen LogP contribution in [-0.2, 0) is 33.8 Å². The molecule has 20 heteroatoms. The summed E-state index contributed by atoms with van der Waals surface area (Å²) in [5.74, 6) is -5.66. The van der Waals surface area contributed by atoms with Gasteiger partial charge >= 0.3 is 11.9 Å². The van der Waals surface area contributed by atoms with E-state index in [1.807, 2.05) is 30.3 Å². The lowest BCUT2D eigenvalue weighted by Gasteiger charge is -2.23. The number of hydrogen-bond acceptors (Lipinski definition) is 13. The summed E-state index contributed by atoms with van der Waals surface area (Å²) in [6, 6.07) is 20.7. The fraction of sp³-hybridized carbons (Fsp3) is 0.160. The number of nitrogens with one attached hydrogen (secondary N) is 2. The first-order valence-corrected chi connectivity index (χ1v) is 21.5. The average Bonchev–Trinajstić information content (AvgIpc) is 3.36. The number of benzene rings is 3. The Morgan fingerprint density at radius 3 is 1.77 bits per heavy atom. The van der Waals surface area contributed by atoms with Gasteiger partial charge in [-0.1, -0.05) is 54.6 Å². The molecule has 0 saturated heterocycles. The molecular formula is C50H40F2N6O12. The number of aliphatic carboxylic acids is 1. The smallest absolute Gasteiger partial charge is 0.373 e. The molecular weight excluding hydrogens is 915 g/mol. The molecule has 2 amide bonds. The molecule has 6 heterocycles. The molecule has 0 bridgehead atoms. The van der Waals surface area contributed by atoms with Crippen LogP contribution in [0.15, 0.2) is 112 Å². The first kappa shape index (κ1) is 47.3. The van der Waals surface area contributed by atoms with E-state index >= 15 is 0 Å². The van der Waals surface area contributed by atoms with Crippen molar-refractivity contribution in [3.8, 4) is 23.0 Å². The Kier molecular flexibility index (Phi) is 13.5. The minimum absolute atomic E-state index is 0.00302. The molecule has 4 aromatic heterocycles. The number of pyridine rings is 4. The Hall–Kier alpha value is -9.20. The number of esters is 1. The highest BCUT2D eigenvalue weighted by molar-refractivity contribution is 6.05. The highest BCUT2D eigenvalue weighted by Crippen LogP contribution is 2.40. The summed E-state index contributed by atoms with van der Waals surface area (Å²) >= 11 is 0. The van der Waals surface area contributed by atoms with E-state index in [-0.39, 0.29) is 76.9 Å². The van der Waals surface area contributed by atoms with Crippen molar-refractivity contribution in [2.24, 2.45) is 0 Å². The normalized spacial score (nSPS) is 12.1. The Morgan fingerprint density at radius 1 is 0.700 bits per heavy atom. The predicted octanol–water partition coefficient (Wildman–Crippen LogP) is 5.68. The summed E-state index contributed by atoms with van der Waals surface area (Å²) in [5.41, 5.74) is 0.909. The third-order valence-electron chi connectivity index (χ3n) is 10.9. The molecule has 0 radical (unpaired) electrons. The van der Waals surface area contributed by atoms with E-state index in [0.29, 0.717) is 23.2 Å². The Morgan fingerprint density at radius 2 is 1.23 bits per heavy atom. The molecule has 0 spiro atoms. The number of carboxylic acid groups (broad SMARTS) is 1. The third-order valence-corrected chi connectivity index (χ3v) is 10.9. The van der Waals surface area contributed by atoms with Crippen LogP contribution in [0.5, 0.6) is 23.0 Å². The van der Waals surface area contributed by atoms with Crippen LogP contribution >= 0.6 is 0 Å². The molecule has 70 heavy (non-hydrogen) atoms. The third kappa shape index (κ3) is 9.24. The standard InChI is InChI=1S/C28H21FN2O7.C22H19FN4O5/c1-2-36-28(35)21-25(37-15-17-6-4-3-5-7-17)22-23-24(38-20(27(33)34)14-31(23)26(21)32)18(13-30-22)12-16-8-10-19(29)11-9-16;1-3-25-20(29)14-10-27-17-16(18(28)15(22(27)31)21(30)24-2)26-9-12(19(17)32-14)8-11-4-6-13(23)7-5-11/h3-11,13-14H,2,12,15H2,1H3,(H,33,34);4-7,9-10,28H,3,8H2,1-2H3,(H,24,30)(H,25,29). The molecule has 9 rings (SSSR count). The summed E-state index contributed by atoms with van der Waals surface area (Å²) in [6.07, 6.45) is 5.49. The lowest BCUT2D eigenvalue weighted by molar-refractivity contribution is -0.135. The molecule has 0 atom stereocenters. The number of aromatic nitrogens is 4. The molecule has 3 aromatic carbocycles. The number of halogens is 2. The highest BCUT2D eigenvalue weighted by atomic mass is 19.1. The molecule has 18 nitrogen and oxygen atoms in total. The van der Waals surface area contributed by atoms with Gasteiger partial charge in [-0.2, -0.15) is 0 Å². The van der Waals surface area contributed by atoms with Crippen molar-refractivity contribution < 1.29 is 57.1 Å². The van der Waals surface area contributed by atoms with E-state index in [2.05, 4.69) is 20.6 Å². The van der Waals surface area contributed by atoms with E-state index in [4.69, 9.17) is 18.9 Å². The topological polar surface area (TPSA) is 239 Å². The number of hydrogen-bond donors (Lipinski definition) is 4. The summed E-state index contributed by atoms with van der Waals surface area (Å²) < 4.78 is 51.5. The van der Waals surface area contributed by atoms with Gasteiger partial charge in [-0.3, -0.25) is 38.3 Å². The maximum absolute atomic E-state index is 13.6. The van der Waals surface area contributed by atoms with Crippen molar-refractivity contribution in [3.05, 3.63) is 174 Å². The maximum atomic E-state index is 13.6.